The third-order valence-electron chi connectivity index (χ3n) is 8.07. The van der Waals surface area contributed by atoms with Crippen molar-refractivity contribution < 1.29 is 17.6 Å². The maximum atomic E-state index is 13.4. The fourth-order valence-corrected chi connectivity index (χ4v) is 6.79. The molecule has 11 nitrogen and oxygen atoms in total. The van der Waals surface area contributed by atoms with Crippen LogP contribution in [0.3, 0.4) is 0 Å². The van der Waals surface area contributed by atoms with Crippen LogP contribution in [0.2, 0.25) is 18.1 Å². The van der Waals surface area contributed by atoms with Gasteiger partial charge in [-0.15, -0.1) is 0 Å². The van der Waals surface area contributed by atoms with E-state index in [-0.39, 0.29) is 33.2 Å². The van der Waals surface area contributed by atoms with Gasteiger partial charge in [-0.1, -0.05) is 20.8 Å². The van der Waals surface area contributed by atoms with Gasteiger partial charge in [-0.25, -0.2) is 17.8 Å². The minimum Gasteiger partial charge on any atom is -0.415 e. The lowest BCUT2D eigenvalue weighted by molar-refractivity contribution is -0.0397. The third-order valence-corrected chi connectivity index (χ3v) is 14.3. The molecule has 13 heteroatoms. The van der Waals surface area contributed by atoms with E-state index >= 15 is 0 Å². The molecule has 1 fully saturated rings. The van der Waals surface area contributed by atoms with Crippen LogP contribution in [-0.4, -0.2) is 59.3 Å². The van der Waals surface area contributed by atoms with E-state index in [0.717, 1.165) is 25.9 Å². The van der Waals surface area contributed by atoms with E-state index in [2.05, 4.69) is 49.2 Å². The van der Waals surface area contributed by atoms with Gasteiger partial charge < -0.3 is 9.16 Å². The number of rotatable bonds is 9. The number of fused-ring (bicyclic) bond motifs is 1. The molecule has 0 aliphatic carbocycles. The van der Waals surface area contributed by atoms with Crippen LogP contribution in [0.1, 0.15) is 52.0 Å². The summed E-state index contributed by atoms with van der Waals surface area (Å²) < 4.78 is 43.4. The molecule has 1 unspecified atom stereocenters. The average molecular weight is 599 g/mol. The van der Waals surface area contributed by atoms with Crippen molar-refractivity contribution in [1.29, 1.82) is 0 Å². The highest BCUT2D eigenvalue weighted by molar-refractivity contribution is 7.91. The monoisotopic (exact) mass is 598 g/mol. The summed E-state index contributed by atoms with van der Waals surface area (Å²) in [5, 5.41) is 14.0. The van der Waals surface area contributed by atoms with Crippen molar-refractivity contribution in [3.8, 4) is 0 Å². The normalized spacial score (nSPS) is 16.9. The summed E-state index contributed by atoms with van der Waals surface area (Å²) in [4.78, 5) is 13.3. The summed E-state index contributed by atoms with van der Waals surface area (Å²) in [6.45, 7) is 12.7. The zero-order chi connectivity index (χ0) is 29.4. The predicted octanol–water partition coefficient (Wildman–Crippen LogP) is 4.39. The Kier molecular flexibility index (Phi) is 8.07. The molecule has 220 valence electrons. The highest BCUT2D eigenvalue weighted by Gasteiger charge is 2.37. The van der Waals surface area contributed by atoms with Crippen molar-refractivity contribution in [3.63, 3.8) is 0 Å². The first-order valence-corrected chi connectivity index (χ1v) is 18.3. The van der Waals surface area contributed by atoms with Crippen molar-refractivity contribution in [3.05, 3.63) is 65.1 Å². The summed E-state index contributed by atoms with van der Waals surface area (Å²) in [5.74, 6) is 0. The van der Waals surface area contributed by atoms with Crippen LogP contribution in [-0.2, 0) is 32.1 Å². The number of ether oxygens (including phenoxy) is 1. The zero-order valence-corrected chi connectivity index (χ0v) is 26.1. The summed E-state index contributed by atoms with van der Waals surface area (Å²) in [6, 6.07) is 6.33. The van der Waals surface area contributed by atoms with Crippen LogP contribution in [0.25, 0.3) is 10.8 Å². The lowest BCUT2D eigenvalue weighted by atomic mass is 10.2. The van der Waals surface area contributed by atoms with E-state index in [1.54, 1.807) is 9.36 Å². The van der Waals surface area contributed by atoms with Crippen LogP contribution in [0, 0.1) is 0 Å². The van der Waals surface area contributed by atoms with Gasteiger partial charge in [-0.2, -0.15) is 15.3 Å². The molecule has 1 aliphatic rings. The lowest BCUT2D eigenvalue weighted by Crippen LogP contribution is -2.41. The van der Waals surface area contributed by atoms with Crippen molar-refractivity contribution in [1.82, 2.24) is 29.3 Å². The molecule has 0 amide bonds. The summed E-state index contributed by atoms with van der Waals surface area (Å²) in [5.41, 5.74) is 0.378. The second-order valence-corrected chi connectivity index (χ2v) is 18.8. The van der Waals surface area contributed by atoms with Crippen LogP contribution in [0.5, 0.6) is 0 Å². The van der Waals surface area contributed by atoms with E-state index in [9.17, 15) is 13.2 Å². The molecule has 1 saturated heterocycles. The molecule has 1 atom stereocenters. The van der Waals surface area contributed by atoms with Crippen molar-refractivity contribution in [2.75, 3.05) is 13.2 Å². The highest BCUT2D eigenvalue weighted by atomic mass is 32.2. The maximum absolute atomic E-state index is 13.4. The molecular weight excluding hydrogens is 560 g/mol. The van der Waals surface area contributed by atoms with Gasteiger partial charge in [-0.05, 0) is 61.7 Å². The number of sulfone groups is 1. The predicted molar refractivity (Wildman–Crippen MR) is 157 cm³/mol. The van der Waals surface area contributed by atoms with Crippen LogP contribution >= 0.6 is 0 Å². The van der Waals surface area contributed by atoms with Gasteiger partial charge >= 0.3 is 0 Å². The number of hydrogen-bond acceptors (Lipinski definition) is 8. The van der Waals surface area contributed by atoms with Gasteiger partial charge in [0.15, 0.2) is 8.32 Å². The molecule has 1 aromatic carbocycles. The van der Waals surface area contributed by atoms with Crippen LogP contribution in [0.15, 0.2) is 63.6 Å². The number of nitrogens with zero attached hydrogens (tertiary/aromatic N) is 6. The van der Waals surface area contributed by atoms with Gasteiger partial charge in [0.05, 0.1) is 48.1 Å². The summed E-state index contributed by atoms with van der Waals surface area (Å²) in [7, 11) is -5.75. The van der Waals surface area contributed by atoms with Crippen molar-refractivity contribution in [2.45, 2.75) is 87.3 Å². The third kappa shape index (κ3) is 6.22. The fourth-order valence-electron chi connectivity index (χ4n) is 4.51. The quantitative estimate of drug-likeness (QED) is 0.260. The first-order chi connectivity index (χ1) is 19.3. The van der Waals surface area contributed by atoms with E-state index in [4.69, 9.17) is 9.16 Å². The Labute approximate surface area is 241 Å². The summed E-state index contributed by atoms with van der Waals surface area (Å²) >= 11 is 0. The minimum atomic E-state index is -3.84. The molecule has 41 heavy (non-hydrogen) atoms. The molecular formula is C28H38N6O5SSi. The minimum absolute atomic E-state index is 0.0762. The van der Waals surface area contributed by atoms with E-state index < -0.39 is 18.2 Å². The Balaban J connectivity index is 1.30. The van der Waals surface area contributed by atoms with E-state index in [1.165, 1.54) is 41.5 Å². The molecule has 0 N–H and O–H groups in total. The molecule has 0 spiro atoms. The molecule has 5 rings (SSSR count). The number of hydrogen-bond donors (Lipinski definition) is 0. The Bertz CT molecular complexity index is 1700. The molecule has 1 aliphatic heterocycles. The lowest BCUT2D eigenvalue weighted by Gasteiger charge is -2.36. The largest absolute Gasteiger partial charge is 0.415 e. The van der Waals surface area contributed by atoms with E-state index in [1.807, 2.05) is 12.3 Å². The standard InChI is InChI=1S/C28H38N6O5SSi/c1-28(2,3)41(4,5)39-15-13-32-20-24(18-29-32)40(36,37)23-9-10-25-21(16-23)17-30-34(27(25)35)19-22-11-12-33(31-22)26-8-6-7-14-38-26/h9-12,16-18,20,26H,6-8,13-15,19H2,1-5H3. The summed E-state index contributed by atoms with van der Waals surface area (Å²) in [6.07, 6.45) is 9.21. The van der Waals surface area contributed by atoms with Gasteiger partial charge in [0.1, 0.15) is 11.1 Å². The first kappa shape index (κ1) is 29.4. The fraction of sp³-hybridized carbons (Fsp3) is 0.500. The smallest absolute Gasteiger partial charge is 0.274 e. The maximum Gasteiger partial charge on any atom is 0.274 e. The Morgan fingerprint density at radius 2 is 1.90 bits per heavy atom. The Hall–Kier alpha value is -3.13. The van der Waals surface area contributed by atoms with Crippen molar-refractivity contribution >= 4 is 28.9 Å². The topological polar surface area (TPSA) is 123 Å². The van der Waals surface area contributed by atoms with Gasteiger partial charge in [0.25, 0.3) is 5.56 Å². The average Bonchev–Trinajstić information content (AvgIpc) is 3.60. The highest BCUT2D eigenvalue weighted by Crippen LogP contribution is 2.36. The zero-order valence-electron chi connectivity index (χ0n) is 24.3. The molecule has 0 bridgehead atoms. The number of aromatic nitrogens is 6. The molecule has 3 aromatic heterocycles. The Morgan fingerprint density at radius 3 is 2.63 bits per heavy atom. The molecule has 4 aromatic rings. The first-order valence-electron chi connectivity index (χ1n) is 13.9. The van der Waals surface area contributed by atoms with Gasteiger partial charge in [0.2, 0.25) is 9.84 Å². The van der Waals surface area contributed by atoms with E-state index in [0.29, 0.717) is 29.6 Å². The van der Waals surface area contributed by atoms with Crippen LogP contribution < -0.4 is 5.56 Å². The second-order valence-electron chi connectivity index (χ2n) is 12.0. The van der Waals surface area contributed by atoms with Gasteiger partial charge in [0, 0.05) is 24.4 Å². The molecule has 0 saturated carbocycles. The SMILES string of the molecule is CC(C)(C)[Si](C)(C)OCCn1cc(S(=O)(=O)c2ccc3c(=O)n(Cc4ccn(C5CCCCO5)n4)ncc3c2)cn1. The molecule has 0 radical (unpaired) electrons. The number of benzene rings is 1. The Morgan fingerprint density at radius 1 is 1.10 bits per heavy atom. The second kappa shape index (κ2) is 11.3. The van der Waals surface area contributed by atoms with Crippen molar-refractivity contribution in [2.24, 2.45) is 0 Å². The van der Waals surface area contributed by atoms with Crippen LogP contribution in [0.4, 0.5) is 0 Å². The van der Waals surface area contributed by atoms with Gasteiger partial charge in [-0.3, -0.25) is 9.48 Å². The molecule has 4 heterocycles.